The summed E-state index contributed by atoms with van der Waals surface area (Å²) in [5.74, 6) is 0.806. The maximum Gasteiger partial charge on any atom is 0.228 e. The molecule has 0 unspecified atom stereocenters. The Kier molecular flexibility index (Phi) is 3.80. The van der Waals surface area contributed by atoms with E-state index >= 15 is 0 Å². The van der Waals surface area contributed by atoms with Gasteiger partial charge >= 0.3 is 0 Å². The summed E-state index contributed by atoms with van der Waals surface area (Å²) in [7, 11) is -0.0282. The lowest BCUT2D eigenvalue weighted by Crippen LogP contribution is -2.12. The third kappa shape index (κ3) is 2.58. The maximum absolute atomic E-state index is 12.2. The minimum atomic E-state index is -3.32. The highest BCUT2D eigenvalue weighted by Crippen LogP contribution is 2.23. The highest BCUT2D eigenvalue weighted by molar-refractivity contribution is 7.91. The van der Waals surface area contributed by atoms with E-state index in [4.69, 9.17) is 4.74 Å². The zero-order valence-electron chi connectivity index (χ0n) is 11.4. The molecule has 6 heteroatoms. The molecule has 0 radical (unpaired) electrons. The van der Waals surface area contributed by atoms with Crippen molar-refractivity contribution in [3.8, 4) is 5.75 Å². The molecule has 104 valence electrons. The Bertz CT molecular complexity index is 689. The number of sulfone groups is 1. The van der Waals surface area contributed by atoms with Gasteiger partial charge in [0.2, 0.25) is 15.0 Å². The standard InChI is InChI=1S/C13H18N2O3S/c1-4-5-8-19(16,17)13-14-11-9-10(18-3)6-7-12(11)15(13)2/h6-7,9H,4-5,8H2,1-3H3. The quantitative estimate of drug-likeness (QED) is 0.843. The Labute approximate surface area is 113 Å². The van der Waals surface area contributed by atoms with Crippen LogP contribution in [0, 0.1) is 0 Å². The molecular weight excluding hydrogens is 264 g/mol. The molecule has 19 heavy (non-hydrogen) atoms. The van der Waals surface area contributed by atoms with Crippen molar-refractivity contribution in [2.75, 3.05) is 12.9 Å². The fraction of sp³-hybridized carbons (Fsp3) is 0.462. The number of unbranched alkanes of at least 4 members (excludes halogenated alkanes) is 1. The van der Waals surface area contributed by atoms with Gasteiger partial charge in [0.05, 0.1) is 23.9 Å². The van der Waals surface area contributed by atoms with Gasteiger partial charge in [0, 0.05) is 13.1 Å². The van der Waals surface area contributed by atoms with Gasteiger partial charge in [-0.25, -0.2) is 13.4 Å². The lowest BCUT2D eigenvalue weighted by molar-refractivity contribution is 0.415. The second-order valence-corrected chi connectivity index (χ2v) is 6.48. The van der Waals surface area contributed by atoms with Crippen LogP contribution in [0.5, 0.6) is 5.75 Å². The molecule has 0 aliphatic heterocycles. The van der Waals surface area contributed by atoms with Crippen molar-refractivity contribution in [2.45, 2.75) is 24.9 Å². The molecule has 0 saturated heterocycles. The molecule has 0 aliphatic rings. The second kappa shape index (κ2) is 5.21. The zero-order chi connectivity index (χ0) is 14.0. The van der Waals surface area contributed by atoms with Crippen LogP contribution in [0.15, 0.2) is 23.4 Å². The van der Waals surface area contributed by atoms with Crippen LogP contribution in [0.25, 0.3) is 11.0 Å². The van der Waals surface area contributed by atoms with Gasteiger partial charge in [-0.2, -0.15) is 0 Å². The molecule has 5 nitrogen and oxygen atoms in total. The first-order valence-electron chi connectivity index (χ1n) is 6.23. The topological polar surface area (TPSA) is 61.2 Å². The molecule has 1 aromatic heterocycles. The van der Waals surface area contributed by atoms with E-state index in [-0.39, 0.29) is 10.9 Å². The number of ether oxygens (including phenoxy) is 1. The number of imidazole rings is 1. The van der Waals surface area contributed by atoms with Crippen molar-refractivity contribution in [3.05, 3.63) is 18.2 Å². The van der Waals surface area contributed by atoms with E-state index in [2.05, 4.69) is 4.98 Å². The van der Waals surface area contributed by atoms with Crippen molar-refractivity contribution < 1.29 is 13.2 Å². The molecule has 0 atom stereocenters. The number of aromatic nitrogens is 2. The van der Waals surface area contributed by atoms with Crippen LogP contribution >= 0.6 is 0 Å². The summed E-state index contributed by atoms with van der Waals surface area (Å²) in [6, 6.07) is 5.36. The summed E-state index contributed by atoms with van der Waals surface area (Å²) in [4.78, 5) is 4.24. The largest absolute Gasteiger partial charge is 0.497 e. The van der Waals surface area contributed by atoms with Gasteiger partial charge in [-0.3, -0.25) is 0 Å². The number of rotatable bonds is 5. The number of aryl methyl sites for hydroxylation is 1. The smallest absolute Gasteiger partial charge is 0.228 e. The summed E-state index contributed by atoms with van der Waals surface area (Å²) < 4.78 is 31.2. The van der Waals surface area contributed by atoms with Crippen LogP contribution in [0.2, 0.25) is 0 Å². The molecule has 0 saturated carbocycles. The highest BCUT2D eigenvalue weighted by Gasteiger charge is 2.21. The van der Waals surface area contributed by atoms with E-state index < -0.39 is 9.84 Å². The van der Waals surface area contributed by atoms with E-state index in [1.807, 2.05) is 13.0 Å². The minimum absolute atomic E-state index is 0.129. The molecule has 1 heterocycles. The highest BCUT2D eigenvalue weighted by atomic mass is 32.2. The predicted molar refractivity (Wildman–Crippen MR) is 74.2 cm³/mol. The van der Waals surface area contributed by atoms with Crippen LogP contribution in [-0.4, -0.2) is 30.8 Å². The Morgan fingerprint density at radius 3 is 2.74 bits per heavy atom. The molecule has 2 rings (SSSR count). The molecule has 0 aliphatic carbocycles. The van der Waals surface area contributed by atoms with Crippen molar-refractivity contribution in [3.63, 3.8) is 0 Å². The Hall–Kier alpha value is -1.56. The normalized spacial score (nSPS) is 11.9. The zero-order valence-corrected chi connectivity index (χ0v) is 12.2. The van der Waals surface area contributed by atoms with Crippen LogP contribution in [-0.2, 0) is 16.9 Å². The lowest BCUT2D eigenvalue weighted by Gasteiger charge is -2.03. The Morgan fingerprint density at radius 2 is 2.11 bits per heavy atom. The molecule has 0 N–H and O–H groups in total. The fourth-order valence-electron chi connectivity index (χ4n) is 1.99. The third-order valence-corrected chi connectivity index (χ3v) is 4.84. The van der Waals surface area contributed by atoms with Crippen LogP contribution < -0.4 is 4.74 Å². The number of benzene rings is 1. The number of fused-ring (bicyclic) bond motifs is 1. The number of hydrogen-bond donors (Lipinski definition) is 0. The first kappa shape index (κ1) is 13.9. The Morgan fingerprint density at radius 1 is 1.37 bits per heavy atom. The summed E-state index contributed by atoms with van der Waals surface area (Å²) in [6.07, 6.45) is 1.49. The van der Waals surface area contributed by atoms with Gasteiger partial charge in [-0.05, 0) is 18.6 Å². The van der Waals surface area contributed by atoms with Gasteiger partial charge in [-0.1, -0.05) is 13.3 Å². The van der Waals surface area contributed by atoms with Gasteiger partial charge in [0.25, 0.3) is 0 Å². The average Bonchev–Trinajstić information content (AvgIpc) is 2.74. The first-order valence-corrected chi connectivity index (χ1v) is 7.88. The molecule has 2 aromatic rings. The van der Waals surface area contributed by atoms with Gasteiger partial charge < -0.3 is 9.30 Å². The van der Waals surface area contributed by atoms with Gasteiger partial charge in [-0.15, -0.1) is 0 Å². The van der Waals surface area contributed by atoms with Crippen LogP contribution in [0.4, 0.5) is 0 Å². The van der Waals surface area contributed by atoms with Gasteiger partial charge in [0.1, 0.15) is 5.75 Å². The van der Waals surface area contributed by atoms with Gasteiger partial charge in [0.15, 0.2) is 0 Å². The minimum Gasteiger partial charge on any atom is -0.497 e. The molecule has 0 fully saturated rings. The first-order chi connectivity index (χ1) is 8.99. The SMILES string of the molecule is CCCCS(=O)(=O)c1nc2cc(OC)ccc2n1C. The van der Waals surface area contributed by atoms with Crippen molar-refractivity contribution in [2.24, 2.45) is 7.05 Å². The van der Waals surface area contributed by atoms with Crippen molar-refractivity contribution >= 4 is 20.9 Å². The predicted octanol–water partition coefficient (Wildman–Crippen LogP) is 2.16. The van der Waals surface area contributed by atoms with E-state index in [1.165, 1.54) is 0 Å². The molecule has 0 spiro atoms. The van der Waals surface area contributed by atoms with E-state index in [1.54, 1.807) is 30.9 Å². The number of methoxy groups -OCH3 is 1. The van der Waals surface area contributed by atoms with Crippen molar-refractivity contribution in [1.82, 2.24) is 9.55 Å². The molecule has 0 amide bonds. The maximum atomic E-state index is 12.2. The number of nitrogens with zero attached hydrogens (tertiary/aromatic N) is 2. The fourth-order valence-corrected chi connectivity index (χ4v) is 3.59. The summed E-state index contributed by atoms with van der Waals surface area (Å²) in [5, 5.41) is 0.129. The molecular formula is C13H18N2O3S. The van der Waals surface area contributed by atoms with Crippen LogP contribution in [0.1, 0.15) is 19.8 Å². The van der Waals surface area contributed by atoms with Crippen molar-refractivity contribution in [1.29, 1.82) is 0 Å². The summed E-state index contributed by atoms with van der Waals surface area (Å²) in [5.41, 5.74) is 1.42. The summed E-state index contributed by atoms with van der Waals surface area (Å²) >= 11 is 0. The second-order valence-electron chi connectivity index (χ2n) is 4.48. The third-order valence-electron chi connectivity index (χ3n) is 3.09. The average molecular weight is 282 g/mol. The van der Waals surface area contributed by atoms with E-state index in [0.717, 1.165) is 11.9 Å². The van der Waals surface area contributed by atoms with Crippen LogP contribution in [0.3, 0.4) is 0 Å². The monoisotopic (exact) mass is 282 g/mol. The lowest BCUT2D eigenvalue weighted by atomic mass is 10.3. The van der Waals surface area contributed by atoms with E-state index in [9.17, 15) is 8.42 Å². The Balaban J connectivity index is 2.53. The number of hydrogen-bond acceptors (Lipinski definition) is 4. The molecule has 0 bridgehead atoms. The summed E-state index contributed by atoms with van der Waals surface area (Å²) in [6.45, 7) is 1.97. The van der Waals surface area contributed by atoms with E-state index in [0.29, 0.717) is 17.7 Å². The molecule has 1 aromatic carbocycles.